The molecule has 0 aromatic heterocycles. The van der Waals surface area contributed by atoms with Crippen LogP contribution in [0, 0.1) is 30.1 Å². The fourth-order valence-electron chi connectivity index (χ4n) is 2.91. The smallest absolute Gasteiger partial charge is 0.227 e. The second-order valence-electron chi connectivity index (χ2n) is 5.49. The molecule has 1 amide bonds. The number of carbonyl (C=O) groups is 1. The number of aliphatic hydroxyl groups excluding tert-OH is 1. The molecule has 0 bridgehead atoms. The van der Waals surface area contributed by atoms with Gasteiger partial charge >= 0.3 is 0 Å². The minimum Gasteiger partial charge on any atom is -0.400 e. The molecule has 0 radical (unpaired) electrons. The zero-order chi connectivity index (χ0) is 15.6. The minimum atomic E-state index is 0.181. The van der Waals surface area contributed by atoms with Crippen LogP contribution in [0.25, 0.3) is 0 Å². The largest absolute Gasteiger partial charge is 0.400 e. The Bertz CT molecular complexity index is 591. The summed E-state index contributed by atoms with van der Waals surface area (Å²) in [6.45, 7) is 2.67. The van der Waals surface area contributed by atoms with Crippen LogP contribution in [-0.2, 0) is 4.79 Å². The van der Waals surface area contributed by atoms with E-state index in [0.29, 0.717) is 22.9 Å². The van der Waals surface area contributed by atoms with Gasteiger partial charge in [0.05, 0.1) is 10.6 Å². The number of carbonyl (C=O) groups excluding carboxylic acids is 1. The molecule has 1 N–H and O–H groups in total. The van der Waals surface area contributed by atoms with E-state index < -0.39 is 0 Å². The van der Waals surface area contributed by atoms with Crippen LogP contribution < -0.4 is 4.90 Å². The normalized spacial score (nSPS) is 20.8. The Morgan fingerprint density at radius 3 is 2.57 bits per heavy atom. The summed E-state index contributed by atoms with van der Waals surface area (Å²) < 4.78 is 0. The van der Waals surface area contributed by atoms with E-state index in [9.17, 15) is 4.79 Å². The molecule has 4 nitrogen and oxygen atoms in total. The molecular weight excluding hydrogens is 288 g/mol. The quantitative estimate of drug-likeness (QED) is 0.913. The van der Waals surface area contributed by atoms with Gasteiger partial charge in [0.2, 0.25) is 5.91 Å². The van der Waals surface area contributed by atoms with Crippen molar-refractivity contribution in [3.8, 4) is 6.07 Å². The molecule has 21 heavy (non-hydrogen) atoms. The lowest BCUT2D eigenvalue weighted by atomic mass is 10.0. The number of hydrogen-bond acceptors (Lipinski definition) is 3. The molecule has 2 aliphatic rings. The maximum absolute atomic E-state index is 12.2. The summed E-state index contributed by atoms with van der Waals surface area (Å²) in [5, 5.41) is 16.4. The Balaban J connectivity index is 0.000000774. The zero-order valence-electron chi connectivity index (χ0n) is 12.3. The maximum Gasteiger partial charge on any atom is 0.227 e. The maximum atomic E-state index is 12.2. The van der Waals surface area contributed by atoms with E-state index in [1.165, 1.54) is 12.8 Å². The number of nitrogens with zero attached hydrogens (tertiary/aromatic N) is 2. The van der Waals surface area contributed by atoms with E-state index in [4.69, 9.17) is 22.0 Å². The van der Waals surface area contributed by atoms with Crippen LogP contribution in [0.2, 0.25) is 5.02 Å². The van der Waals surface area contributed by atoms with Gasteiger partial charge in [0, 0.05) is 25.8 Å². The van der Waals surface area contributed by atoms with Gasteiger partial charge in [-0.05, 0) is 49.3 Å². The van der Waals surface area contributed by atoms with Gasteiger partial charge in [0.1, 0.15) is 6.07 Å². The number of benzene rings is 1. The van der Waals surface area contributed by atoms with Crippen molar-refractivity contribution in [2.75, 3.05) is 18.6 Å². The highest BCUT2D eigenvalue weighted by Crippen LogP contribution is 2.43. The van der Waals surface area contributed by atoms with Crippen LogP contribution >= 0.6 is 11.6 Å². The molecule has 1 aromatic carbocycles. The van der Waals surface area contributed by atoms with Crippen LogP contribution in [0.1, 0.15) is 30.4 Å². The first-order valence-corrected chi connectivity index (χ1v) is 7.44. The van der Waals surface area contributed by atoms with Gasteiger partial charge in [-0.3, -0.25) is 4.79 Å². The fourth-order valence-corrected chi connectivity index (χ4v) is 3.11. The second-order valence-corrected chi connectivity index (χ2v) is 5.87. The monoisotopic (exact) mass is 306 g/mol. The number of anilines is 1. The summed E-state index contributed by atoms with van der Waals surface area (Å²) in [6, 6.07) is 5.60. The lowest BCUT2D eigenvalue weighted by Crippen LogP contribution is -2.25. The number of halogens is 1. The highest BCUT2D eigenvalue weighted by molar-refractivity contribution is 6.33. The topological polar surface area (TPSA) is 64.3 Å². The zero-order valence-corrected chi connectivity index (χ0v) is 13.0. The average Bonchev–Trinajstić information content (AvgIpc) is 3.28. The van der Waals surface area contributed by atoms with E-state index in [-0.39, 0.29) is 5.91 Å². The molecule has 1 aliphatic carbocycles. The van der Waals surface area contributed by atoms with Crippen LogP contribution in [0.4, 0.5) is 5.69 Å². The molecule has 2 fully saturated rings. The summed E-state index contributed by atoms with van der Waals surface area (Å²) in [7, 11) is 1.00. The Kier molecular flexibility index (Phi) is 4.87. The molecule has 0 spiro atoms. The summed E-state index contributed by atoms with van der Waals surface area (Å²) >= 11 is 6.18. The summed E-state index contributed by atoms with van der Waals surface area (Å²) in [6.07, 6.45) is 3.18. The fraction of sp³-hybridized carbons (Fsp3) is 0.500. The van der Waals surface area contributed by atoms with Gasteiger partial charge < -0.3 is 10.0 Å². The third-order valence-electron chi connectivity index (χ3n) is 4.21. The molecule has 112 valence electrons. The molecule has 1 unspecified atom stereocenters. The van der Waals surface area contributed by atoms with E-state index in [0.717, 1.165) is 30.8 Å². The molecular formula is C16H19ClN2O2. The molecule has 1 heterocycles. The molecule has 1 aliphatic heterocycles. The van der Waals surface area contributed by atoms with Gasteiger partial charge in [-0.2, -0.15) is 5.26 Å². The van der Waals surface area contributed by atoms with Gasteiger partial charge in [-0.1, -0.05) is 11.6 Å². The number of amides is 1. The summed E-state index contributed by atoms with van der Waals surface area (Å²) in [4.78, 5) is 14.0. The molecule has 1 aromatic rings. The first kappa shape index (κ1) is 15.8. The molecule has 1 saturated heterocycles. The standard InChI is InChI=1S/C15H15ClN2O.CH4O/c1-9-13(5-4-11(7-17)15(9)16)18-8-12(6-14(18)19)10-2-3-10;1-2/h4-5,10,12H,2-3,6,8H2,1H3;2H,1H3. The van der Waals surface area contributed by atoms with Crippen molar-refractivity contribution >= 4 is 23.2 Å². The number of aliphatic hydroxyl groups is 1. The van der Waals surface area contributed by atoms with Gasteiger partial charge in [0.15, 0.2) is 0 Å². The Morgan fingerprint density at radius 2 is 2.00 bits per heavy atom. The highest BCUT2D eigenvalue weighted by Gasteiger charge is 2.40. The van der Waals surface area contributed by atoms with E-state index >= 15 is 0 Å². The van der Waals surface area contributed by atoms with Crippen molar-refractivity contribution in [3.63, 3.8) is 0 Å². The van der Waals surface area contributed by atoms with Crippen molar-refractivity contribution in [2.24, 2.45) is 11.8 Å². The van der Waals surface area contributed by atoms with Crippen LogP contribution in [0.5, 0.6) is 0 Å². The third kappa shape index (κ3) is 3.04. The number of rotatable bonds is 2. The summed E-state index contributed by atoms with van der Waals surface area (Å²) in [5.74, 6) is 1.42. The summed E-state index contributed by atoms with van der Waals surface area (Å²) in [5.41, 5.74) is 2.15. The molecule has 1 atom stereocenters. The highest BCUT2D eigenvalue weighted by atomic mass is 35.5. The number of nitriles is 1. The van der Waals surface area contributed by atoms with Gasteiger partial charge in [0.25, 0.3) is 0 Å². The number of hydrogen-bond donors (Lipinski definition) is 1. The Labute approximate surface area is 129 Å². The lowest BCUT2D eigenvalue weighted by molar-refractivity contribution is -0.117. The van der Waals surface area contributed by atoms with Crippen molar-refractivity contribution in [2.45, 2.75) is 26.2 Å². The van der Waals surface area contributed by atoms with Gasteiger partial charge in [-0.25, -0.2) is 0 Å². The second kappa shape index (κ2) is 6.46. The molecule has 5 heteroatoms. The van der Waals surface area contributed by atoms with Crippen LogP contribution in [0.15, 0.2) is 12.1 Å². The van der Waals surface area contributed by atoms with E-state index in [2.05, 4.69) is 6.07 Å². The first-order valence-electron chi connectivity index (χ1n) is 7.06. The van der Waals surface area contributed by atoms with Crippen molar-refractivity contribution in [1.29, 1.82) is 5.26 Å². The third-order valence-corrected chi connectivity index (χ3v) is 4.70. The Morgan fingerprint density at radius 1 is 1.33 bits per heavy atom. The predicted octanol–water partition coefficient (Wildman–Crippen LogP) is 2.89. The lowest BCUT2D eigenvalue weighted by Gasteiger charge is -2.20. The van der Waals surface area contributed by atoms with Gasteiger partial charge in [-0.15, -0.1) is 0 Å². The van der Waals surface area contributed by atoms with Crippen molar-refractivity contribution < 1.29 is 9.90 Å². The first-order chi connectivity index (χ1) is 10.1. The minimum absolute atomic E-state index is 0.181. The van der Waals surface area contributed by atoms with Crippen molar-refractivity contribution in [1.82, 2.24) is 0 Å². The van der Waals surface area contributed by atoms with E-state index in [1.807, 2.05) is 17.9 Å². The molecule has 1 saturated carbocycles. The average molecular weight is 307 g/mol. The van der Waals surface area contributed by atoms with Crippen LogP contribution in [0.3, 0.4) is 0 Å². The predicted molar refractivity (Wildman–Crippen MR) is 82.2 cm³/mol. The molecule has 3 rings (SSSR count). The van der Waals surface area contributed by atoms with E-state index in [1.54, 1.807) is 6.07 Å². The SMILES string of the molecule is CO.Cc1c(N2CC(C3CC3)CC2=O)ccc(C#N)c1Cl. The Hall–Kier alpha value is -1.57. The van der Waals surface area contributed by atoms with Crippen LogP contribution in [-0.4, -0.2) is 24.7 Å². The van der Waals surface area contributed by atoms with Crippen molar-refractivity contribution in [3.05, 3.63) is 28.3 Å².